The maximum Gasteiger partial charge on any atom is 0.225 e. The van der Waals surface area contributed by atoms with Gasteiger partial charge >= 0.3 is 0 Å². The van der Waals surface area contributed by atoms with Crippen LogP contribution in [0.4, 0.5) is 5.82 Å². The van der Waals surface area contributed by atoms with E-state index >= 15 is 0 Å². The largest absolute Gasteiger partial charge is 0.396 e. The molecule has 0 aliphatic carbocycles. The molecule has 3 heterocycles. The third-order valence-corrected chi connectivity index (χ3v) is 7.60. The molecule has 1 atom stereocenters. The van der Waals surface area contributed by atoms with Gasteiger partial charge in [-0.05, 0) is 92.4 Å². The van der Waals surface area contributed by atoms with Crippen molar-refractivity contribution in [1.29, 1.82) is 0 Å². The van der Waals surface area contributed by atoms with Gasteiger partial charge in [0.2, 0.25) is 5.91 Å². The van der Waals surface area contributed by atoms with Gasteiger partial charge in [-0.2, -0.15) is 0 Å². The van der Waals surface area contributed by atoms with Gasteiger partial charge in [0.25, 0.3) is 0 Å². The highest BCUT2D eigenvalue weighted by Gasteiger charge is 2.33. The molecule has 0 saturated carbocycles. The van der Waals surface area contributed by atoms with Crippen LogP contribution < -0.4 is 5.73 Å². The molecular formula is C26H35ClN4O2. The van der Waals surface area contributed by atoms with E-state index < -0.39 is 0 Å². The van der Waals surface area contributed by atoms with Crippen molar-refractivity contribution in [1.82, 2.24) is 14.8 Å². The van der Waals surface area contributed by atoms with E-state index in [0.717, 1.165) is 69.9 Å². The predicted octanol–water partition coefficient (Wildman–Crippen LogP) is 3.93. The molecule has 2 aliphatic heterocycles. The van der Waals surface area contributed by atoms with Crippen molar-refractivity contribution in [3.8, 4) is 0 Å². The summed E-state index contributed by atoms with van der Waals surface area (Å²) in [7, 11) is 0. The molecule has 0 radical (unpaired) electrons. The quantitative estimate of drug-likeness (QED) is 0.640. The first-order valence-electron chi connectivity index (χ1n) is 12.1. The van der Waals surface area contributed by atoms with Crippen molar-refractivity contribution in [2.24, 2.45) is 11.8 Å². The molecule has 4 rings (SSSR count). The second-order valence-corrected chi connectivity index (χ2v) is 9.91. The van der Waals surface area contributed by atoms with Gasteiger partial charge < -0.3 is 15.7 Å². The standard InChI is InChI=1S/C26H35ClN4O2/c27-23-3-1-20(2-4-23)24(10-16-32)21-8-14-31(15-9-21)26(33)22-6-12-30(13-7-22)18-19-5-11-29-25(28)17-19/h1-5,11,17,21-22,24,32H,6-10,12-16,18H2,(H2,28,29). The number of aliphatic hydroxyl groups excluding tert-OH is 1. The summed E-state index contributed by atoms with van der Waals surface area (Å²) in [5, 5.41) is 10.4. The summed E-state index contributed by atoms with van der Waals surface area (Å²) in [6, 6.07) is 11.9. The highest BCUT2D eigenvalue weighted by Crippen LogP contribution is 2.36. The summed E-state index contributed by atoms with van der Waals surface area (Å²) in [5.41, 5.74) is 8.21. The predicted molar refractivity (Wildman–Crippen MR) is 132 cm³/mol. The number of carbonyl (C=O) groups is 1. The minimum atomic E-state index is 0.129. The lowest BCUT2D eigenvalue weighted by atomic mass is 9.78. The van der Waals surface area contributed by atoms with Crippen LogP contribution in [0.15, 0.2) is 42.6 Å². The SMILES string of the molecule is Nc1cc(CN2CCC(C(=O)N3CCC(C(CCO)c4ccc(Cl)cc4)CC3)CC2)ccn1. The van der Waals surface area contributed by atoms with Gasteiger partial charge in [0.1, 0.15) is 5.82 Å². The molecule has 6 nitrogen and oxygen atoms in total. The molecule has 1 amide bonds. The zero-order valence-corrected chi connectivity index (χ0v) is 20.0. The first kappa shape index (κ1) is 24.0. The normalized spacial score (nSPS) is 19.5. The smallest absolute Gasteiger partial charge is 0.225 e. The van der Waals surface area contributed by atoms with E-state index in [2.05, 4.69) is 26.9 Å². The second kappa shape index (κ2) is 11.3. The number of aliphatic hydroxyl groups is 1. The number of aromatic nitrogens is 1. The van der Waals surface area contributed by atoms with Crippen molar-refractivity contribution in [2.45, 2.75) is 44.6 Å². The molecule has 2 aromatic rings. The fourth-order valence-electron chi connectivity index (χ4n) is 5.49. The van der Waals surface area contributed by atoms with Gasteiger partial charge in [0.05, 0.1) is 0 Å². The van der Waals surface area contributed by atoms with E-state index in [1.807, 2.05) is 24.3 Å². The fourth-order valence-corrected chi connectivity index (χ4v) is 5.62. The number of likely N-dealkylation sites (tertiary alicyclic amines) is 2. The van der Waals surface area contributed by atoms with Crippen LogP contribution in [0.25, 0.3) is 0 Å². The van der Waals surface area contributed by atoms with Crippen molar-refractivity contribution in [3.63, 3.8) is 0 Å². The van der Waals surface area contributed by atoms with Crippen LogP contribution in [-0.2, 0) is 11.3 Å². The van der Waals surface area contributed by atoms with E-state index in [1.165, 1.54) is 11.1 Å². The van der Waals surface area contributed by atoms with Gasteiger partial charge in [-0.15, -0.1) is 0 Å². The molecule has 178 valence electrons. The van der Waals surface area contributed by atoms with E-state index in [-0.39, 0.29) is 12.5 Å². The van der Waals surface area contributed by atoms with Crippen molar-refractivity contribution in [2.75, 3.05) is 38.5 Å². The molecule has 2 saturated heterocycles. The number of nitrogen functional groups attached to an aromatic ring is 1. The lowest BCUT2D eigenvalue weighted by Crippen LogP contribution is -2.45. The Morgan fingerprint density at radius 3 is 2.42 bits per heavy atom. The lowest BCUT2D eigenvalue weighted by molar-refractivity contribution is -0.138. The highest BCUT2D eigenvalue weighted by atomic mass is 35.5. The number of nitrogens with two attached hydrogens (primary N) is 1. The number of rotatable bonds is 7. The van der Waals surface area contributed by atoms with E-state index in [9.17, 15) is 9.90 Å². The van der Waals surface area contributed by atoms with Crippen LogP contribution in [-0.4, -0.2) is 58.6 Å². The fraction of sp³-hybridized carbons (Fsp3) is 0.538. The van der Waals surface area contributed by atoms with Crippen molar-refractivity contribution in [3.05, 3.63) is 58.7 Å². The number of carbonyl (C=O) groups excluding carboxylic acids is 1. The van der Waals surface area contributed by atoms with Crippen molar-refractivity contribution >= 4 is 23.3 Å². The van der Waals surface area contributed by atoms with Gasteiger partial charge in [0, 0.05) is 43.4 Å². The van der Waals surface area contributed by atoms with Gasteiger partial charge in [-0.3, -0.25) is 9.69 Å². The number of amides is 1. The van der Waals surface area contributed by atoms with Crippen molar-refractivity contribution < 1.29 is 9.90 Å². The summed E-state index contributed by atoms with van der Waals surface area (Å²) in [5.74, 6) is 1.81. The van der Waals surface area contributed by atoms with Gasteiger partial charge in [0.15, 0.2) is 0 Å². The van der Waals surface area contributed by atoms with Crippen LogP contribution >= 0.6 is 11.6 Å². The number of nitrogens with zero attached hydrogens (tertiary/aromatic N) is 3. The number of anilines is 1. The van der Waals surface area contributed by atoms with Crippen LogP contribution in [0, 0.1) is 11.8 Å². The summed E-state index contributed by atoms with van der Waals surface area (Å²) < 4.78 is 0. The zero-order chi connectivity index (χ0) is 23.2. The number of pyridine rings is 1. The summed E-state index contributed by atoms with van der Waals surface area (Å²) in [6.07, 6.45) is 6.31. The average Bonchev–Trinajstić information content (AvgIpc) is 2.83. The van der Waals surface area contributed by atoms with E-state index in [0.29, 0.717) is 23.6 Å². The Bertz CT molecular complexity index is 907. The molecule has 0 spiro atoms. The third-order valence-electron chi connectivity index (χ3n) is 7.35. The topological polar surface area (TPSA) is 82.7 Å². The highest BCUT2D eigenvalue weighted by molar-refractivity contribution is 6.30. The zero-order valence-electron chi connectivity index (χ0n) is 19.2. The molecule has 0 bridgehead atoms. The summed E-state index contributed by atoms with van der Waals surface area (Å²) >= 11 is 6.06. The Hall–Kier alpha value is -2.15. The first-order valence-corrected chi connectivity index (χ1v) is 12.5. The number of halogens is 1. The molecule has 1 aromatic heterocycles. The van der Waals surface area contributed by atoms with Crippen LogP contribution in [0.3, 0.4) is 0 Å². The first-order chi connectivity index (χ1) is 16.0. The molecule has 33 heavy (non-hydrogen) atoms. The third kappa shape index (κ3) is 6.25. The number of piperidine rings is 2. The minimum absolute atomic E-state index is 0.129. The second-order valence-electron chi connectivity index (χ2n) is 9.47. The monoisotopic (exact) mass is 470 g/mol. The van der Waals surface area contributed by atoms with E-state index in [1.54, 1.807) is 6.20 Å². The molecule has 1 aromatic carbocycles. The number of hydrogen-bond acceptors (Lipinski definition) is 5. The maximum atomic E-state index is 13.2. The van der Waals surface area contributed by atoms with Crippen LogP contribution in [0.1, 0.15) is 49.1 Å². The minimum Gasteiger partial charge on any atom is -0.396 e. The molecule has 7 heteroatoms. The maximum absolute atomic E-state index is 13.2. The Balaban J connectivity index is 1.26. The molecule has 2 aliphatic rings. The molecule has 2 fully saturated rings. The van der Waals surface area contributed by atoms with Crippen LogP contribution in [0.5, 0.6) is 0 Å². The Morgan fingerprint density at radius 1 is 1.09 bits per heavy atom. The summed E-state index contributed by atoms with van der Waals surface area (Å²) in [6.45, 7) is 4.53. The summed E-state index contributed by atoms with van der Waals surface area (Å²) in [4.78, 5) is 21.7. The van der Waals surface area contributed by atoms with Crippen LogP contribution in [0.2, 0.25) is 5.02 Å². The Kier molecular flexibility index (Phi) is 8.23. The van der Waals surface area contributed by atoms with Gasteiger partial charge in [-0.1, -0.05) is 23.7 Å². The van der Waals surface area contributed by atoms with Gasteiger partial charge in [-0.25, -0.2) is 4.98 Å². The average molecular weight is 471 g/mol. The van der Waals surface area contributed by atoms with E-state index in [4.69, 9.17) is 17.3 Å². The Morgan fingerprint density at radius 2 is 1.79 bits per heavy atom. The Labute approximate surface area is 201 Å². The number of hydrogen-bond donors (Lipinski definition) is 2. The lowest BCUT2D eigenvalue weighted by Gasteiger charge is -2.39. The number of benzene rings is 1. The molecular weight excluding hydrogens is 436 g/mol. The molecule has 3 N–H and O–H groups in total. The molecule has 1 unspecified atom stereocenters.